The number of rotatable bonds is 3. The molecule has 2 aromatic rings. The van der Waals surface area contributed by atoms with E-state index in [2.05, 4.69) is 4.98 Å². The highest BCUT2D eigenvalue weighted by Crippen LogP contribution is 2.18. The van der Waals surface area contributed by atoms with Crippen LogP contribution >= 0.6 is 11.6 Å². The van der Waals surface area contributed by atoms with Crippen LogP contribution in [0.2, 0.25) is 0 Å². The molecule has 3 nitrogen and oxygen atoms in total. The molecule has 1 heterocycles. The first-order valence-electron chi connectivity index (χ1n) is 4.43. The first-order chi connectivity index (χ1) is 7.24. The molecule has 0 bridgehead atoms. The van der Waals surface area contributed by atoms with Crippen LogP contribution < -0.4 is 0 Å². The number of ketones is 2. The molecule has 2 rings (SSSR count). The van der Waals surface area contributed by atoms with E-state index >= 15 is 0 Å². The van der Waals surface area contributed by atoms with Crippen molar-refractivity contribution >= 4 is 34.1 Å². The fraction of sp³-hybridized carbons (Fsp3) is 0.0909. The van der Waals surface area contributed by atoms with Gasteiger partial charge in [-0.15, -0.1) is 11.6 Å². The van der Waals surface area contributed by atoms with Crippen LogP contribution in [0.25, 0.3) is 10.9 Å². The number of carbonyl (C=O) groups excluding carboxylic acids is 2. The van der Waals surface area contributed by atoms with E-state index in [1.807, 2.05) is 18.2 Å². The highest BCUT2D eigenvalue weighted by Gasteiger charge is 2.18. The monoisotopic (exact) mass is 221 g/mol. The third kappa shape index (κ3) is 1.66. The van der Waals surface area contributed by atoms with Gasteiger partial charge in [-0.05, 0) is 6.07 Å². The lowest BCUT2D eigenvalue weighted by molar-refractivity contribution is -0.112. The number of para-hydroxylation sites is 1. The molecule has 0 aliphatic rings. The summed E-state index contributed by atoms with van der Waals surface area (Å²) in [6.45, 7) is 0. The van der Waals surface area contributed by atoms with E-state index in [9.17, 15) is 9.59 Å². The molecule has 1 aromatic heterocycles. The lowest BCUT2D eigenvalue weighted by Crippen LogP contribution is -2.14. The number of fused-ring (bicyclic) bond motifs is 1. The number of hydrogen-bond acceptors (Lipinski definition) is 2. The standard InChI is InChI=1S/C11H8ClNO2/c12-5-10(14)11(15)8-6-13-9-4-2-1-3-7(8)9/h1-4,6,13H,5H2. The topological polar surface area (TPSA) is 49.9 Å². The van der Waals surface area contributed by atoms with Crippen LogP contribution in [0.4, 0.5) is 0 Å². The molecule has 0 fully saturated rings. The smallest absolute Gasteiger partial charge is 0.231 e. The Balaban J connectivity index is 2.53. The van der Waals surface area contributed by atoms with E-state index < -0.39 is 11.6 Å². The summed E-state index contributed by atoms with van der Waals surface area (Å²) in [6, 6.07) is 7.31. The maximum Gasteiger partial charge on any atom is 0.231 e. The van der Waals surface area contributed by atoms with Crippen molar-refractivity contribution in [3.63, 3.8) is 0 Å². The second-order valence-corrected chi connectivity index (χ2v) is 3.40. The molecule has 15 heavy (non-hydrogen) atoms. The Kier molecular flexibility index (Phi) is 2.56. The summed E-state index contributed by atoms with van der Waals surface area (Å²) in [6.07, 6.45) is 1.54. The average Bonchev–Trinajstić information content (AvgIpc) is 2.70. The number of carbonyl (C=O) groups is 2. The normalized spacial score (nSPS) is 10.5. The lowest BCUT2D eigenvalue weighted by Gasteiger charge is -1.94. The zero-order valence-electron chi connectivity index (χ0n) is 7.79. The minimum Gasteiger partial charge on any atom is -0.360 e. The largest absolute Gasteiger partial charge is 0.360 e. The van der Waals surface area contributed by atoms with E-state index in [4.69, 9.17) is 11.6 Å². The van der Waals surface area contributed by atoms with Crippen LogP contribution in [-0.2, 0) is 4.79 Å². The summed E-state index contributed by atoms with van der Waals surface area (Å²) in [5.74, 6) is -1.40. The number of aromatic nitrogens is 1. The molecule has 0 saturated heterocycles. The maximum absolute atomic E-state index is 11.6. The maximum atomic E-state index is 11.6. The van der Waals surface area contributed by atoms with E-state index in [1.54, 1.807) is 6.07 Å². The van der Waals surface area contributed by atoms with Crippen molar-refractivity contribution in [1.82, 2.24) is 4.98 Å². The van der Waals surface area contributed by atoms with Gasteiger partial charge in [0.2, 0.25) is 11.6 Å². The van der Waals surface area contributed by atoms with Gasteiger partial charge in [0.15, 0.2) is 0 Å². The van der Waals surface area contributed by atoms with Crippen molar-refractivity contribution in [3.05, 3.63) is 36.0 Å². The highest BCUT2D eigenvalue weighted by atomic mass is 35.5. The number of benzene rings is 1. The average molecular weight is 222 g/mol. The minimum absolute atomic E-state index is 0.279. The van der Waals surface area contributed by atoms with Crippen LogP contribution in [0, 0.1) is 0 Å². The Morgan fingerprint density at radius 2 is 2.00 bits per heavy atom. The minimum atomic E-state index is -0.582. The Morgan fingerprint density at radius 1 is 1.27 bits per heavy atom. The number of halogens is 1. The molecule has 0 amide bonds. The SMILES string of the molecule is O=C(CCl)C(=O)c1c[nH]c2ccccc12. The molecule has 0 radical (unpaired) electrons. The number of hydrogen-bond donors (Lipinski definition) is 1. The molecule has 0 unspecified atom stereocenters. The fourth-order valence-electron chi connectivity index (χ4n) is 1.47. The third-order valence-electron chi connectivity index (χ3n) is 2.21. The van der Waals surface area contributed by atoms with Gasteiger partial charge in [0.25, 0.3) is 0 Å². The van der Waals surface area contributed by atoms with Gasteiger partial charge in [0.05, 0.1) is 11.4 Å². The van der Waals surface area contributed by atoms with Gasteiger partial charge in [-0.25, -0.2) is 0 Å². The van der Waals surface area contributed by atoms with Crippen molar-refractivity contribution in [1.29, 1.82) is 0 Å². The van der Waals surface area contributed by atoms with E-state index in [0.717, 1.165) is 10.9 Å². The first kappa shape index (κ1) is 9.93. The molecule has 4 heteroatoms. The number of aromatic amines is 1. The Bertz CT molecular complexity index is 530. The molecule has 76 valence electrons. The molecule has 0 atom stereocenters. The van der Waals surface area contributed by atoms with Crippen molar-refractivity contribution in [2.24, 2.45) is 0 Å². The van der Waals surface area contributed by atoms with E-state index in [1.165, 1.54) is 6.20 Å². The summed E-state index contributed by atoms with van der Waals surface area (Å²) < 4.78 is 0. The Labute approximate surface area is 91.0 Å². The van der Waals surface area contributed by atoms with Gasteiger partial charge in [-0.2, -0.15) is 0 Å². The van der Waals surface area contributed by atoms with Gasteiger partial charge < -0.3 is 4.98 Å². The van der Waals surface area contributed by atoms with Gasteiger partial charge in [-0.1, -0.05) is 18.2 Å². The zero-order chi connectivity index (χ0) is 10.8. The van der Waals surface area contributed by atoms with Crippen molar-refractivity contribution < 1.29 is 9.59 Å². The van der Waals surface area contributed by atoms with Crippen LogP contribution in [0.1, 0.15) is 10.4 Å². The summed E-state index contributed by atoms with van der Waals surface area (Å²) in [5, 5.41) is 0.751. The molecule has 0 saturated carbocycles. The Hall–Kier alpha value is -1.61. The zero-order valence-corrected chi connectivity index (χ0v) is 8.54. The van der Waals surface area contributed by atoms with Crippen LogP contribution in [0.5, 0.6) is 0 Å². The second-order valence-electron chi connectivity index (χ2n) is 3.13. The van der Waals surface area contributed by atoms with Crippen molar-refractivity contribution in [3.8, 4) is 0 Å². The van der Waals surface area contributed by atoms with E-state index in [0.29, 0.717) is 5.56 Å². The predicted molar refractivity (Wildman–Crippen MR) is 58.4 cm³/mol. The van der Waals surface area contributed by atoms with Crippen molar-refractivity contribution in [2.75, 3.05) is 5.88 Å². The van der Waals surface area contributed by atoms with E-state index in [-0.39, 0.29) is 5.88 Å². The Morgan fingerprint density at radius 3 is 2.73 bits per heavy atom. The van der Waals surface area contributed by atoms with Crippen LogP contribution in [0.3, 0.4) is 0 Å². The highest BCUT2D eigenvalue weighted by molar-refractivity contribution is 6.52. The quantitative estimate of drug-likeness (QED) is 0.491. The number of nitrogens with one attached hydrogen (secondary N) is 1. The van der Waals surface area contributed by atoms with Gasteiger partial charge >= 0.3 is 0 Å². The van der Waals surface area contributed by atoms with Crippen molar-refractivity contribution in [2.45, 2.75) is 0 Å². The molecule has 1 aromatic carbocycles. The summed E-state index contributed by atoms with van der Waals surface area (Å²) in [5.41, 5.74) is 1.22. The summed E-state index contributed by atoms with van der Waals surface area (Å²) >= 11 is 5.33. The molecule has 0 aliphatic heterocycles. The van der Waals surface area contributed by atoms with Gasteiger partial charge in [-0.3, -0.25) is 9.59 Å². The second kappa shape index (κ2) is 3.87. The fourth-order valence-corrected chi connectivity index (χ4v) is 1.59. The van der Waals surface area contributed by atoms with Gasteiger partial charge in [0.1, 0.15) is 0 Å². The summed E-state index contributed by atoms with van der Waals surface area (Å²) in [4.78, 5) is 25.7. The number of Topliss-reactive ketones (excluding diaryl/α,β-unsaturated/α-hetero) is 2. The molecule has 0 aliphatic carbocycles. The summed E-state index contributed by atoms with van der Waals surface area (Å²) in [7, 11) is 0. The van der Waals surface area contributed by atoms with Gasteiger partial charge in [0, 0.05) is 17.1 Å². The first-order valence-corrected chi connectivity index (χ1v) is 4.97. The van der Waals surface area contributed by atoms with Crippen LogP contribution in [0.15, 0.2) is 30.5 Å². The predicted octanol–water partition coefficient (Wildman–Crippen LogP) is 2.16. The lowest BCUT2D eigenvalue weighted by atomic mass is 10.1. The molecule has 0 spiro atoms. The molecular weight excluding hydrogens is 214 g/mol. The molecule has 1 N–H and O–H groups in total. The molecular formula is C11H8ClNO2. The number of H-pyrrole nitrogens is 1. The number of alkyl halides is 1. The third-order valence-corrected chi connectivity index (χ3v) is 2.45. The van der Waals surface area contributed by atoms with Crippen LogP contribution in [-0.4, -0.2) is 22.4 Å².